The van der Waals surface area contributed by atoms with E-state index in [1.807, 2.05) is 36.1 Å². The van der Waals surface area contributed by atoms with Gasteiger partial charge in [-0.25, -0.2) is 0 Å². The van der Waals surface area contributed by atoms with E-state index >= 15 is 0 Å². The Hall–Kier alpha value is -1.81. The highest BCUT2D eigenvalue weighted by atomic mass is 16.5. The van der Waals surface area contributed by atoms with Gasteiger partial charge in [0.1, 0.15) is 5.75 Å². The maximum absolute atomic E-state index is 5.67. The molecule has 0 fully saturated rings. The zero-order valence-electron chi connectivity index (χ0n) is 12.5. The van der Waals surface area contributed by atoms with Gasteiger partial charge in [-0.1, -0.05) is 26.0 Å². The molecule has 2 rings (SSSR count). The monoisotopic (exact) mass is 273 g/mol. The second kappa shape index (κ2) is 7.10. The van der Waals surface area contributed by atoms with Crippen LogP contribution in [0.4, 0.5) is 0 Å². The van der Waals surface area contributed by atoms with E-state index in [0.29, 0.717) is 5.92 Å². The lowest BCUT2D eigenvalue weighted by Crippen LogP contribution is -2.15. The number of nitrogens with zero attached hydrogens (tertiary/aromatic N) is 2. The van der Waals surface area contributed by atoms with Crippen molar-refractivity contribution in [2.24, 2.45) is 13.0 Å². The summed E-state index contributed by atoms with van der Waals surface area (Å²) >= 11 is 0. The van der Waals surface area contributed by atoms with E-state index in [2.05, 4.69) is 36.4 Å². The number of benzene rings is 1. The van der Waals surface area contributed by atoms with Crippen molar-refractivity contribution in [2.75, 3.05) is 6.61 Å². The molecule has 108 valence electrons. The molecule has 4 heteroatoms. The molecule has 0 radical (unpaired) electrons. The van der Waals surface area contributed by atoms with Crippen molar-refractivity contribution >= 4 is 0 Å². The molecule has 1 N–H and O–H groups in total. The van der Waals surface area contributed by atoms with Gasteiger partial charge in [0.05, 0.1) is 12.3 Å². The smallest absolute Gasteiger partial charge is 0.119 e. The number of aromatic nitrogens is 2. The summed E-state index contributed by atoms with van der Waals surface area (Å²) in [5.74, 6) is 1.49. The van der Waals surface area contributed by atoms with Gasteiger partial charge in [-0.2, -0.15) is 5.10 Å². The Bertz CT molecular complexity index is 517. The summed E-state index contributed by atoms with van der Waals surface area (Å²) in [6, 6.07) is 10.3. The molecule has 1 aromatic heterocycles. The number of hydrogen-bond donors (Lipinski definition) is 1. The fourth-order valence-corrected chi connectivity index (χ4v) is 1.88. The number of rotatable bonds is 7. The van der Waals surface area contributed by atoms with Crippen molar-refractivity contribution in [3.8, 4) is 5.75 Å². The second-order valence-electron chi connectivity index (χ2n) is 5.40. The third-order valence-electron chi connectivity index (χ3n) is 3.06. The van der Waals surface area contributed by atoms with Gasteiger partial charge in [-0.05, 0) is 29.7 Å². The van der Waals surface area contributed by atoms with Crippen LogP contribution < -0.4 is 10.1 Å². The lowest BCUT2D eigenvalue weighted by atomic mass is 10.2. The van der Waals surface area contributed by atoms with Crippen LogP contribution in [0.5, 0.6) is 5.75 Å². The predicted molar refractivity (Wildman–Crippen MR) is 80.5 cm³/mol. The van der Waals surface area contributed by atoms with Gasteiger partial charge in [0, 0.05) is 26.3 Å². The van der Waals surface area contributed by atoms with E-state index in [-0.39, 0.29) is 0 Å². The lowest BCUT2D eigenvalue weighted by Gasteiger charge is -2.09. The Labute approximate surface area is 120 Å². The first-order chi connectivity index (χ1) is 9.65. The van der Waals surface area contributed by atoms with Crippen LogP contribution in [0, 0.1) is 5.92 Å². The Morgan fingerprint density at radius 2 is 1.90 bits per heavy atom. The van der Waals surface area contributed by atoms with Crippen LogP contribution in [-0.4, -0.2) is 16.4 Å². The molecule has 0 aliphatic heterocycles. The fraction of sp³-hybridized carbons (Fsp3) is 0.438. The standard InChI is InChI=1S/C16H23N3O/c1-13(2)12-20-16-6-4-14(5-7-16)10-17-11-15-8-9-18-19(15)3/h4-9,13,17H,10-12H2,1-3H3. The number of aryl methyl sites for hydroxylation is 1. The summed E-state index contributed by atoms with van der Waals surface area (Å²) in [7, 11) is 1.96. The van der Waals surface area contributed by atoms with Crippen molar-refractivity contribution in [2.45, 2.75) is 26.9 Å². The Morgan fingerprint density at radius 3 is 2.50 bits per heavy atom. The minimum Gasteiger partial charge on any atom is -0.493 e. The summed E-state index contributed by atoms with van der Waals surface area (Å²) in [4.78, 5) is 0. The molecule has 4 nitrogen and oxygen atoms in total. The molecule has 0 bridgehead atoms. The highest BCUT2D eigenvalue weighted by Gasteiger charge is 2.00. The van der Waals surface area contributed by atoms with Crippen LogP contribution in [0.15, 0.2) is 36.5 Å². The maximum atomic E-state index is 5.67. The molecule has 0 aliphatic carbocycles. The molecular formula is C16H23N3O. The Morgan fingerprint density at radius 1 is 1.15 bits per heavy atom. The highest BCUT2D eigenvalue weighted by Crippen LogP contribution is 2.13. The minimum atomic E-state index is 0.551. The van der Waals surface area contributed by atoms with E-state index in [4.69, 9.17) is 4.74 Å². The van der Waals surface area contributed by atoms with Gasteiger partial charge in [0.2, 0.25) is 0 Å². The minimum absolute atomic E-state index is 0.551. The van der Waals surface area contributed by atoms with Gasteiger partial charge in [0.25, 0.3) is 0 Å². The van der Waals surface area contributed by atoms with E-state index in [9.17, 15) is 0 Å². The maximum Gasteiger partial charge on any atom is 0.119 e. The SMILES string of the molecule is CC(C)COc1ccc(CNCc2ccnn2C)cc1. The van der Waals surface area contributed by atoms with Crippen molar-refractivity contribution in [3.63, 3.8) is 0 Å². The number of nitrogens with one attached hydrogen (secondary N) is 1. The third kappa shape index (κ3) is 4.38. The topological polar surface area (TPSA) is 39.1 Å². The third-order valence-corrected chi connectivity index (χ3v) is 3.06. The summed E-state index contributed by atoms with van der Waals surface area (Å²) < 4.78 is 7.55. The van der Waals surface area contributed by atoms with Crippen LogP contribution >= 0.6 is 0 Å². The van der Waals surface area contributed by atoms with Crippen LogP contribution in [0.1, 0.15) is 25.1 Å². The van der Waals surface area contributed by atoms with Crippen LogP contribution in [0.25, 0.3) is 0 Å². The molecule has 0 saturated carbocycles. The second-order valence-corrected chi connectivity index (χ2v) is 5.40. The fourth-order valence-electron chi connectivity index (χ4n) is 1.88. The summed E-state index contributed by atoms with van der Waals surface area (Å²) in [5, 5.41) is 7.56. The molecule has 0 amide bonds. The van der Waals surface area contributed by atoms with Crippen molar-refractivity contribution in [1.82, 2.24) is 15.1 Å². The van der Waals surface area contributed by atoms with E-state index in [1.54, 1.807) is 0 Å². The lowest BCUT2D eigenvalue weighted by molar-refractivity contribution is 0.271. The van der Waals surface area contributed by atoms with Gasteiger partial charge < -0.3 is 10.1 Å². The zero-order chi connectivity index (χ0) is 14.4. The van der Waals surface area contributed by atoms with Gasteiger partial charge in [0.15, 0.2) is 0 Å². The van der Waals surface area contributed by atoms with Gasteiger partial charge in [-0.15, -0.1) is 0 Å². The molecule has 2 aromatic rings. The van der Waals surface area contributed by atoms with E-state index in [1.165, 1.54) is 11.3 Å². The molecule has 20 heavy (non-hydrogen) atoms. The Balaban J connectivity index is 1.77. The van der Waals surface area contributed by atoms with Crippen molar-refractivity contribution < 1.29 is 4.74 Å². The van der Waals surface area contributed by atoms with Crippen LogP contribution in [-0.2, 0) is 20.1 Å². The number of hydrogen-bond acceptors (Lipinski definition) is 3. The molecule has 0 aliphatic rings. The summed E-state index contributed by atoms with van der Waals surface area (Å²) in [6.07, 6.45) is 1.82. The first kappa shape index (κ1) is 14.6. The molecule has 0 saturated heterocycles. The number of ether oxygens (including phenoxy) is 1. The normalized spacial score (nSPS) is 11.0. The van der Waals surface area contributed by atoms with Crippen LogP contribution in [0.3, 0.4) is 0 Å². The first-order valence-electron chi connectivity index (χ1n) is 7.04. The quantitative estimate of drug-likeness (QED) is 0.843. The molecule has 1 heterocycles. The predicted octanol–water partition coefficient (Wildman–Crippen LogP) is 2.74. The molecule has 0 atom stereocenters. The summed E-state index contributed by atoms with van der Waals surface area (Å²) in [6.45, 7) is 6.73. The van der Waals surface area contributed by atoms with Crippen molar-refractivity contribution in [3.05, 3.63) is 47.8 Å². The average molecular weight is 273 g/mol. The Kier molecular flexibility index (Phi) is 5.18. The molecule has 1 aromatic carbocycles. The van der Waals surface area contributed by atoms with Crippen LogP contribution in [0.2, 0.25) is 0 Å². The zero-order valence-corrected chi connectivity index (χ0v) is 12.5. The van der Waals surface area contributed by atoms with E-state index in [0.717, 1.165) is 25.4 Å². The van der Waals surface area contributed by atoms with Crippen molar-refractivity contribution in [1.29, 1.82) is 0 Å². The molecule has 0 spiro atoms. The first-order valence-corrected chi connectivity index (χ1v) is 7.04. The summed E-state index contributed by atoms with van der Waals surface area (Å²) in [5.41, 5.74) is 2.44. The molecular weight excluding hydrogens is 250 g/mol. The highest BCUT2D eigenvalue weighted by molar-refractivity contribution is 5.27. The average Bonchev–Trinajstić information content (AvgIpc) is 2.83. The largest absolute Gasteiger partial charge is 0.493 e. The van der Waals surface area contributed by atoms with Gasteiger partial charge >= 0.3 is 0 Å². The van der Waals surface area contributed by atoms with Gasteiger partial charge in [-0.3, -0.25) is 4.68 Å². The molecule has 0 unspecified atom stereocenters. The van der Waals surface area contributed by atoms with E-state index < -0.39 is 0 Å².